The molecule has 0 radical (unpaired) electrons. The molecule has 1 aliphatic rings. The van der Waals surface area contributed by atoms with Gasteiger partial charge in [-0.2, -0.15) is 0 Å². The normalized spacial score (nSPS) is 19.9. The number of aryl methyl sites for hydroxylation is 2. The number of carbonyl (C=O) groups is 1. The molecule has 0 bridgehead atoms. The van der Waals surface area contributed by atoms with E-state index in [1.807, 2.05) is 37.3 Å². The van der Waals surface area contributed by atoms with Crippen molar-refractivity contribution in [2.24, 2.45) is 17.3 Å². The van der Waals surface area contributed by atoms with Gasteiger partial charge in [-0.05, 0) is 43.4 Å². The van der Waals surface area contributed by atoms with Crippen LogP contribution < -0.4 is 10.0 Å². The van der Waals surface area contributed by atoms with E-state index in [0.29, 0.717) is 17.0 Å². The van der Waals surface area contributed by atoms with Crippen molar-refractivity contribution in [3.05, 3.63) is 89.3 Å². The second-order valence-electron chi connectivity index (χ2n) is 8.93. The molecule has 0 saturated heterocycles. The first-order valence-corrected chi connectivity index (χ1v) is 13.4. The van der Waals surface area contributed by atoms with Gasteiger partial charge < -0.3 is 9.88 Å². The van der Waals surface area contributed by atoms with Gasteiger partial charge in [0.15, 0.2) is 11.6 Å². The van der Waals surface area contributed by atoms with Crippen LogP contribution in [0.2, 0.25) is 0 Å². The van der Waals surface area contributed by atoms with Gasteiger partial charge in [0.25, 0.3) is 5.91 Å². The Bertz CT molecular complexity index is 1410. The summed E-state index contributed by atoms with van der Waals surface area (Å²) in [5.41, 5.74) is 2.10. The molecule has 0 saturated carbocycles. The zero-order chi connectivity index (χ0) is 25.9. The largest absolute Gasteiger partial charge is 0.345 e. The molecule has 2 aromatic carbocycles. The molecular weight excluding hydrogens is 482 g/mol. The summed E-state index contributed by atoms with van der Waals surface area (Å²) in [4.78, 5) is 13.6. The Labute approximate surface area is 210 Å². The Balaban J connectivity index is 1.65. The number of rotatable bonds is 7. The minimum Gasteiger partial charge on any atom is -0.345 e. The molecule has 2 heterocycles. The average molecular weight is 513 g/mol. The van der Waals surface area contributed by atoms with Crippen LogP contribution in [0.4, 0.5) is 14.5 Å². The van der Waals surface area contributed by atoms with Crippen LogP contribution in [0.1, 0.15) is 41.9 Å². The minimum atomic E-state index is -3.03. The van der Waals surface area contributed by atoms with E-state index in [2.05, 4.69) is 33.5 Å². The standard InChI is InChI=1S/C27H30F2N4O2S/c1-4-30-36(35)25-17-33(3)26(27(34)31-20-12-14-22(28)23(29)16-20)21(25)13-15-24(32-36)18(2)10-11-19-8-6-5-7-9-19/h5-9,12-18,24H,4,10-11H2,1-3H3,(H,31,34)(H,30,32,35)/t18?,24-,36?/m1/s1. The molecular formula is C27H30F2N4O2S. The number of benzene rings is 2. The summed E-state index contributed by atoms with van der Waals surface area (Å²) in [5.74, 6) is -2.43. The van der Waals surface area contributed by atoms with E-state index in [1.165, 1.54) is 11.6 Å². The van der Waals surface area contributed by atoms with Crippen molar-refractivity contribution >= 4 is 27.6 Å². The SMILES string of the molecule is CCN=S1(=O)N[C@@H](C(C)CCc2ccccc2)C=Cc2c1cn(C)c2C(=O)Nc1ccc(F)c(F)c1. The van der Waals surface area contributed by atoms with E-state index >= 15 is 0 Å². The second-order valence-corrected chi connectivity index (χ2v) is 10.9. The van der Waals surface area contributed by atoms with Gasteiger partial charge in [-0.3, -0.25) is 4.79 Å². The van der Waals surface area contributed by atoms with E-state index in [4.69, 9.17) is 0 Å². The summed E-state index contributed by atoms with van der Waals surface area (Å²) >= 11 is 0. The molecule has 0 fully saturated rings. The van der Waals surface area contributed by atoms with E-state index in [-0.39, 0.29) is 23.3 Å². The zero-order valence-corrected chi connectivity index (χ0v) is 21.3. The van der Waals surface area contributed by atoms with Crippen LogP contribution in [0.25, 0.3) is 6.08 Å². The lowest BCUT2D eigenvalue weighted by atomic mass is 9.94. The number of carbonyl (C=O) groups excluding carboxylic acids is 1. The molecule has 1 aliphatic heterocycles. The predicted molar refractivity (Wildman–Crippen MR) is 139 cm³/mol. The van der Waals surface area contributed by atoms with Crippen LogP contribution in [0.15, 0.2) is 70.1 Å². The fourth-order valence-electron chi connectivity index (χ4n) is 4.35. The summed E-state index contributed by atoms with van der Waals surface area (Å²) in [6.07, 6.45) is 7.14. The highest BCUT2D eigenvalue weighted by molar-refractivity contribution is 7.91. The molecule has 4 rings (SSSR count). The van der Waals surface area contributed by atoms with Crippen molar-refractivity contribution in [3.8, 4) is 0 Å². The first-order chi connectivity index (χ1) is 17.2. The third-order valence-electron chi connectivity index (χ3n) is 6.30. The van der Waals surface area contributed by atoms with Crippen LogP contribution in [0, 0.1) is 17.6 Å². The predicted octanol–water partition coefficient (Wildman–Crippen LogP) is 5.57. The number of nitrogens with one attached hydrogen (secondary N) is 2. The van der Waals surface area contributed by atoms with Crippen LogP contribution in [0.3, 0.4) is 0 Å². The van der Waals surface area contributed by atoms with E-state index in [1.54, 1.807) is 17.8 Å². The monoisotopic (exact) mass is 512 g/mol. The summed E-state index contributed by atoms with van der Waals surface area (Å²) in [7, 11) is -1.36. The maximum atomic E-state index is 14.1. The van der Waals surface area contributed by atoms with Gasteiger partial charge in [-0.1, -0.05) is 49.4 Å². The number of hydrogen-bond donors (Lipinski definition) is 2. The Hall–Kier alpha value is -3.30. The van der Waals surface area contributed by atoms with Gasteiger partial charge in [0.2, 0.25) is 0 Å². The van der Waals surface area contributed by atoms with E-state index in [9.17, 15) is 17.8 Å². The molecule has 2 unspecified atom stereocenters. The molecule has 3 atom stereocenters. The van der Waals surface area contributed by atoms with Gasteiger partial charge in [-0.15, -0.1) is 0 Å². The molecule has 1 aromatic heterocycles. The van der Waals surface area contributed by atoms with Crippen molar-refractivity contribution in [2.75, 3.05) is 11.9 Å². The van der Waals surface area contributed by atoms with Crippen LogP contribution in [-0.4, -0.2) is 27.3 Å². The van der Waals surface area contributed by atoms with Gasteiger partial charge >= 0.3 is 0 Å². The third kappa shape index (κ3) is 5.42. The number of halogens is 2. The number of anilines is 1. The van der Waals surface area contributed by atoms with Gasteiger partial charge in [-0.25, -0.2) is 22.1 Å². The molecule has 1 amide bonds. The third-order valence-corrected chi connectivity index (χ3v) is 8.43. The molecule has 36 heavy (non-hydrogen) atoms. The lowest BCUT2D eigenvalue weighted by molar-refractivity contribution is 0.101. The lowest BCUT2D eigenvalue weighted by Crippen LogP contribution is -2.37. The molecule has 2 N–H and O–H groups in total. The van der Waals surface area contributed by atoms with Crippen LogP contribution in [-0.2, 0) is 23.4 Å². The fourth-order valence-corrected chi connectivity index (χ4v) is 6.49. The Morgan fingerprint density at radius 3 is 2.64 bits per heavy atom. The van der Waals surface area contributed by atoms with Crippen LogP contribution >= 0.6 is 0 Å². The molecule has 9 heteroatoms. The number of nitrogens with zero attached hydrogens (tertiary/aromatic N) is 2. The number of fused-ring (bicyclic) bond motifs is 1. The zero-order valence-electron chi connectivity index (χ0n) is 20.5. The molecule has 3 aromatic rings. The number of amides is 1. The molecule has 190 valence electrons. The number of aromatic nitrogens is 1. The summed E-state index contributed by atoms with van der Waals surface area (Å²) in [6, 6.07) is 13.1. The Morgan fingerprint density at radius 1 is 1.19 bits per heavy atom. The van der Waals surface area contributed by atoms with Crippen molar-refractivity contribution in [1.82, 2.24) is 9.29 Å². The van der Waals surface area contributed by atoms with Crippen molar-refractivity contribution < 1.29 is 17.8 Å². The molecule has 6 nitrogen and oxygen atoms in total. The smallest absolute Gasteiger partial charge is 0.272 e. The first kappa shape index (κ1) is 25.8. The number of hydrogen-bond acceptors (Lipinski definition) is 3. The summed E-state index contributed by atoms with van der Waals surface area (Å²) < 4.78 is 50.3. The van der Waals surface area contributed by atoms with Crippen LogP contribution in [0.5, 0.6) is 0 Å². The van der Waals surface area contributed by atoms with Crippen molar-refractivity contribution in [3.63, 3.8) is 0 Å². The topological polar surface area (TPSA) is 75.5 Å². The van der Waals surface area contributed by atoms with Gasteiger partial charge in [0, 0.05) is 43.1 Å². The lowest BCUT2D eigenvalue weighted by Gasteiger charge is -2.23. The van der Waals surface area contributed by atoms with Crippen molar-refractivity contribution in [1.29, 1.82) is 0 Å². The fraction of sp³-hybridized carbons (Fsp3) is 0.296. The van der Waals surface area contributed by atoms with Gasteiger partial charge in [0.1, 0.15) is 15.6 Å². The van der Waals surface area contributed by atoms with Crippen molar-refractivity contribution in [2.45, 2.75) is 37.6 Å². The highest BCUT2D eigenvalue weighted by Gasteiger charge is 2.31. The Morgan fingerprint density at radius 2 is 1.94 bits per heavy atom. The molecule has 0 aliphatic carbocycles. The maximum absolute atomic E-state index is 14.1. The highest BCUT2D eigenvalue weighted by Crippen LogP contribution is 2.30. The second kappa shape index (κ2) is 10.8. The van der Waals surface area contributed by atoms with E-state index in [0.717, 1.165) is 25.0 Å². The Kier molecular flexibility index (Phi) is 7.70. The van der Waals surface area contributed by atoms with E-state index < -0.39 is 27.5 Å². The molecule has 0 spiro atoms. The highest BCUT2D eigenvalue weighted by atomic mass is 32.2. The minimum absolute atomic E-state index is 0.121. The quantitative estimate of drug-likeness (QED) is 0.434. The summed E-state index contributed by atoms with van der Waals surface area (Å²) in [5, 5.41) is 2.61. The maximum Gasteiger partial charge on any atom is 0.272 e. The average Bonchev–Trinajstić information content (AvgIpc) is 3.13. The summed E-state index contributed by atoms with van der Waals surface area (Å²) in [6.45, 7) is 4.25. The van der Waals surface area contributed by atoms with Gasteiger partial charge in [0.05, 0.1) is 4.90 Å². The first-order valence-electron chi connectivity index (χ1n) is 11.9.